The van der Waals surface area contributed by atoms with Gasteiger partial charge in [0.1, 0.15) is 5.02 Å². The molecule has 1 saturated heterocycles. The number of amides is 1. The first-order valence-corrected chi connectivity index (χ1v) is 6.69. The van der Waals surface area contributed by atoms with Gasteiger partial charge in [0.25, 0.3) is 5.69 Å². The van der Waals surface area contributed by atoms with Gasteiger partial charge >= 0.3 is 0 Å². The summed E-state index contributed by atoms with van der Waals surface area (Å²) in [4.78, 5) is 23.6. The van der Waals surface area contributed by atoms with E-state index in [0.29, 0.717) is 12.2 Å². The maximum atomic E-state index is 12.0. The molecule has 2 rings (SSSR count). The second-order valence-electron chi connectivity index (χ2n) is 3.99. The first-order chi connectivity index (χ1) is 8.50. The Kier molecular flexibility index (Phi) is 3.87. The molecule has 1 aromatic rings. The third kappa shape index (κ3) is 2.49. The van der Waals surface area contributed by atoms with Gasteiger partial charge in [-0.15, -0.1) is 0 Å². The molecule has 0 N–H and O–H groups in total. The maximum absolute atomic E-state index is 12.0. The number of alkyl halides is 1. The number of rotatable bonds is 2. The molecule has 0 saturated carbocycles. The molecule has 1 aromatic carbocycles. The van der Waals surface area contributed by atoms with E-state index >= 15 is 0 Å². The minimum absolute atomic E-state index is 0.0714. The molecule has 1 amide bonds. The summed E-state index contributed by atoms with van der Waals surface area (Å²) in [7, 11) is 0. The normalized spacial score (nSPS) is 20.0. The van der Waals surface area contributed by atoms with Gasteiger partial charge in [0.05, 0.1) is 15.4 Å². The van der Waals surface area contributed by atoms with E-state index in [1.54, 1.807) is 11.0 Å². The predicted molar refractivity (Wildman–Crippen MR) is 72.4 cm³/mol. The Morgan fingerprint density at radius 2 is 2.22 bits per heavy atom. The highest BCUT2D eigenvalue weighted by atomic mass is 79.9. The number of hydrogen-bond acceptors (Lipinski definition) is 3. The zero-order valence-electron chi connectivity index (χ0n) is 9.31. The van der Waals surface area contributed by atoms with Gasteiger partial charge in [-0.2, -0.15) is 0 Å². The highest BCUT2D eigenvalue weighted by Gasteiger charge is 2.28. The van der Waals surface area contributed by atoms with Crippen LogP contribution in [0, 0.1) is 10.1 Å². The fourth-order valence-corrected chi connectivity index (χ4v) is 2.65. The number of nitrogens with zero attached hydrogens (tertiary/aromatic N) is 2. The average Bonchev–Trinajstić information content (AvgIpc) is 2.33. The Morgan fingerprint density at radius 3 is 2.89 bits per heavy atom. The standard InChI is InChI=1S/C11H10BrClN2O3/c12-8-2-1-5-14(11(8)16)7-3-4-9(13)10(6-7)15(17)18/h3-4,6,8H,1-2,5H2. The van der Waals surface area contributed by atoms with Crippen LogP contribution in [0.4, 0.5) is 11.4 Å². The quantitative estimate of drug-likeness (QED) is 0.474. The van der Waals surface area contributed by atoms with Gasteiger partial charge in [-0.3, -0.25) is 14.9 Å². The number of hydrogen-bond donors (Lipinski definition) is 0. The number of halogens is 2. The molecule has 96 valence electrons. The molecular weight excluding hydrogens is 323 g/mol. The van der Waals surface area contributed by atoms with Crippen LogP contribution in [-0.2, 0) is 4.79 Å². The molecule has 1 unspecified atom stereocenters. The van der Waals surface area contributed by atoms with Crippen LogP contribution < -0.4 is 4.90 Å². The highest BCUT2D eigenvalue weighted by Crippen LogP contribution is 2.31. The molecule has 1 atom stereocenters. The molecule has 0 spiro atoms. The number of piperidine rings is 1. The number of benzene rings is 1. The van der Waals surface area contributed by atoms with Crippen molar-refractivity contribution in [1.29, 1.82) is 0 Å². The monoisotopic (exact) mass is 332 g/mol. The second-order valence-corrected chi connectivity index (χ2v) is 5.50. The van der Waals surface area contributed by atoms with Crippen molar-refractivity contribution in [3.63, 3.8) is 0 Å². The highest BCUT2D eigenvalue weighted by molar-refractivity contribution is 9.10. The third-order valence-electron chi connectivity index (χ3n) is 2.81. The summed E-state index contributed by atoms with van der Waals surface area (Å²) in [5.74, 6) is -0.0714. The molecule has 1 aliphatic rings. The van der Waals surface area contributed by atoms with Crippen LogP contribution in [0.1, 0.15) is 12.8 Å². The zero-order chi connectivity index (χ0) is 13.3. The fraction of sp³-hybridized carbons (Fsp3) is 0.364. The molecule has 1 fully saturated rings. The van der Waals surface area contributed by atoms with Crippen molar-refractivity contribution >= 4 is 44.8 Å². The van der Waals surface area contributed by atoms with Crippen LogP contribution in [0.15, 0.2) is 18.2 Å². The fourth-order valence-electron chi connectivity index (χ4n) is 1.90. The van der Waals surface area contributed by atoms with Crippen molar-refractivity contribution in [2.75, 3.05) is 11.4 Å². The van der Waals surface area contributed by atoms with Crippen LogP contribution in [0.5, 0.6) is 0 Å². The molecule has 0 radical (unpaired) electrons. The van der Waals surface area contributed by atoms with Gasteiger partial charge in [-0.1, -0.05) is 27.5 Å². The number of carbonyl (C=O) groups excluding carboxylic acids is 1. The van der Waals surface area contributed by atoms with Gasteiger partial charge in [-0.25, -0.2) is 0 Å². The lowest BCUT2D eigenvalue weighted by Gasteiger charge is -2.29. The summed E-state index contributed by atoms with van der Waals surface area (Å²) in [5.41, 5.74) is 0.332. The first kappa shape index (κ1) is 13.3. The van der Waals surface area contributed by atoms with E-state index < -0.39 is 4.92 Å². The first-order valence-electron chi connectivity index (χ1n) is 5.40. The van der Waals surface area contributed by atoms with Crippen molar-refractivity contribution in [3.05, 3.63) is 33.3 Å². The number of carbonyl (C=O) groups is 1. The Balaban J connectivity index is 2.36. The Labute approximate surface area is 117 Å². The summed E-state index contributed by atoms with van der Waals surface area (Å²) < 4.78 is 0. The van der Waals surface area contributed by atoms with Crippen LogP contribution in [0.3, 0.4) is 0 Å². The van der Waals surface area contributed by atoms with Crippen LogP contribution in [-0.4, -0.2) is 22.2 Å². The molecule has 5 nitrogen and oxygen atoms in total. The third-order valence-corrected chi connectivity index (χ3v) is 3.98. The summed E-state index contributed by atoms with van der Waals surface area (Å²) in [6.45, 7) is 0.569. The maximum Gasteiger partial charge on any atom is 0.289 e. The molecule has 7 heteroatoms. The molecule has 18 heavy (non-hydrogen) atoms. The average molecular weight is 334 g/mol. The van der Waals surface area contributed by atoms with Gasteiger partial charge in [0, 0.05) is 12.6 Å². The van der Waals surface area contributed by atoms with E-state index in [4.69, 9.17) is 11.6 Å². The van der Waals surface area contributed by atoms with Crippen molar-refractivity contribution < 1.29 is 9.72 Å². The summed E-state index contributed by atoms with van der Waals surface area (Å²) in [6, 6.07) is 4.41. The van der Waals surface area contributed by atoms with Crippen LogP contribution in [0.2, 0.25) is 5.02 Å². The van der Waals surface area contributed by atoms with Crippen molar-refractivity contribution in [1.82, 2.24) is 0 Å². The lowest BCUT2D eigenvalue weighted by atomic mass is 10.1. The lowest BCUT2D eigenvalue weighted by Crippen LogP contribution is -2.41. The largest absolute Gasteiger partial charge is 0.311 e. The molecule has 0 aromatic heterocycles. The van der Waals surface area contributed by atoms with E-state index in [1.807, 2.05) is 0 Å². The molecule has 0 aliphatic carbocycles. The van der Waals surface area contributed by atoms with E-state index in [-0.39, 0.29) is 21.4 Å². The molecule has 1 aliphatic heterocycles. The number of nitro benzene ring substituents is 1. The topological polar surface area (TPSA) is 63.5 Å². The molecular formula is C11H10BrClN2O3. The van der Waals surface area contributed by atoms with Gasteiger partial charge < -0.3 is 4.90 Å². The van der Waals surface area contributed by atoms with E-state index in [1.165, 1.54) is 12.1 Å². The second kappa shape index (κ2) is 5.24. The minimum Gasteiger partial charge on any atom is -0.311 e. The van der Waals surface area contributed by atoms with Crippen molar-refractivity contribution in [2.24, 2.45) is 0 Å². The number of nitro groups is 1. The van der Waals surface area contributed by atoms with Crippen LogP contribution >= 0.6 is 27.5 Å². The Morgan fingerprint density at radius 1 is 1.50 bits per heavy atom. The Bertz CT molecular complexity index is 509. The zero-order valence-corrected chi connectivity index (χ0v) is 11.6. The predicted octanol–water partition coefficient (Wildman–Crippen LogP) is 3.14. The smallest absolute Gasteiger partial charge is 0.289 e. The Hall–Kier alpha value is -1.14. The molecule has 0 bridgehead atoms. The SMILES string of the molecule is O=C1C(Br)CCCN1c1ccc(Cl)c([N+](=O)[O-])c1. The summed E-state index contributed by atoms with van der Waals surface area (Å²) in [5, 5.41) is 10.9. The van der Waals surface area contributed by atoms with E-state index in [9.17, 15) is 14.9 Å². The van der Waals surface area contributed by atoms with Gasteiger partial charge in [0.15, 0.2) is 0 Å². The van der Waals surface area contributed by atoms with E-state index in [2.05, 4.69) is 15.9 Å². The lowest BCUT2D eigenvalue weighted by molar-refractivity contribution is -0.384. The van der Waals surface area contributed by atoms with E-state index in [0.717, 1.165) is 12.8 Å². The van der Waals surface area contributed by atoms with Crippen LogP contribution in [0.25, 0.3) is 0 Å². The molecule has 1 heterocycles. The summed E-state index contributed by atoms with van der Waals surface area (Å²) in [6.07, 6.45) is 1.64. The number of anilines is 1. The van der Waals surface area contributed by atoms with Crippen molar-refractivity contribution in [3.8, 4) is 0 Å². The van der Waals surface area contributed by atoms with Crippen molar-refractivity contribution in [2.45, 2.75) is 17.7 Å². The summed E-state index contributed by atoms with van der Waals surface area (Å²) >= 11 is 9.04. The van der Waals surface area contributed by atoms with Gasteiger partial charge in [-0.05, 0) is 25.0 Å². The minimum atomic E-state index is -0.550. The van der Waals surface area contributed by atoms with Gasteiger partial charge in [0.2, 0.25) is 5.91 Å².